The molecule has 0 unspecified atom stereocenters. The first-order valence-electron chi connectivity index (χ1n) is 6.97. The lowest BCUT2D eigenvalue weighted by Crippen LogP contribution is -2.45. The third-order valence-electron chi connectivity index (χ3n) is 3.12. The number of methoxy groups -OCH3 is 1. The smallest absolute Gasteiger partial charge is 0.241 e. The Morgan fingerprint density at radius 1 is 1.08 bits per heavy atom. The predicted molar refractivity (Wildman–Crippen MR) is 84.3 cm³/mol. The summed E-state index contributed by atoms with van der Waals surface area (Å²) in [6.45, 7) is 1.19. The van der Waals surface area contributed by atoms with Crippen molar-refractivity contribution >= 4 is 16.0 Å². The monoisotopic (exact) mass is 350 g/mol. The van der Waals surface area contributed by atoms with E-state index in [1.165, 1.54) is 38.3 Å². The van der Waals surface area contributed by atoms with E-state index in [0.29, 0.717) is 17.2 Å². The van der Waals surface area contributed by atoms with Crippen molar-refractivity contribution in [2.75, 3.05) is 7.11 Å². The number of para-hydroxylation sites is 2. The molecule has 8 heteroatoms. The van der Waals surface area contributed by atoms with Crippen molar-refractivity contribution in [2.45, 2.75) is 17.9 Å². The van der Waals surface area contributed by atoms with Gasteiger partial charge in [-0.3, -0.25) is 0 Å². The molecule has 0 saturated carbocycles. The Morgan fingerprint density at radius 2 is 1.67 bits per heavy atom. The second-order valence-electron chi connectivity index (χ2n) is 4.89. The summed E-state index contributed by atoms with van der Waals surface area (Å²) in [5.74, 6) is -0.0703. The Balaban J connectivity index is 2.17. The quantitative estimate of drug-likeness (QED) is 0.796. The molecule has 0 aliphatic carbocycles. The first kappa shape index (κ1) is 17.8. The zero-order valence-corrected chi connectivity index (χ0v) is 13.9. The fourth-order valence-electron chi connectivity index (χ4n) is 1.87. The van der Waals surface area contributed by atoms with Crippen LogP contribution in [0.15, 0.2) is 53.4 Å². The Hall–Kier alpha value is -2.58. The van der Waals surface area contributed by atoms with Gasteiger partial charge in [0.25, 0.3) is 0 Å². The predicted octanol–water partition coefficient (Wildman–Crippen LogP) is 0.904. The molecule has 0 amide bonds. The van der Waals surface area contributed by atoms with Crippen LogP contribution in [0.4, 0.5) is 0 Å². The van der Waals surface area contributed by atoms with Crippen LogP contribution in [0, 0.1) is 0 Å². The van der Waals surface area contributed by atoms with Gasteiger partial charge in [0, 0.05) is 0 Å². The summed E-state index contributed by atoms with van der Waals surface area (Å²) in [4.78, 5) is 10.6. The highest BCUT2D eigenvalue weighted by Gasteiger charge is 2.18. The van der Waals surface area contributed by atoms with E-state index in [-0.39, 0.29) is 4.90 Å². The summed E-state index contributed by atoms with van der Waals surface area (Å²) in [5.41, 5.74) is 0. The van der Waals surface area contributed by atoms with E-state index in [2.05, 4.69) is 0 Å². The van der Waals surface area contributed by atoms with Crippen LogP contribution in [0.3, 0.4) is 0 Å². The molecule has 128 valence electrons. The van der Waals surface area contributed by atoms with E-state index >= 15 is 0 Å². The molecular weight excluding hydrogens is 334 g/mol. The van der Waals surface area contributed by atoms with Crippen LogP contribution in [0.2, 0.25) is 0 Å². The van der Waals surface area contributed by atoms with Crippen LogP contribution >= 0.6 is 0 Å². The minimum atomic E-state index is -3.96. The molecule has 7 nitrogen and oxygen atoms in total. The van der Waals surface area contributed by atoms with Crippen molar-refractivity contribution in [3.63, 3.8) is 0 Å². The maximum absolute atomic E-state index is 12.1. The SMILES string of the molecule is COc1ccccc1Oc1ccc(S(=O)(=O)N[C@@H](C)C(=O)[O-])cc1. The van der Waals surface area contributed by atoms with Gasteiger partial charge in [-0.2, -0.15) is 0 Å². The molecule has 1 atom stereocenters. The first-order chi connectivity index (χ1) is 11.3. The van der Waals surface area contributed by atoms with Gasteiger partial charge < -0.3 is 19.4 Å². The van der Waals surface area contributed by atoms with Crippen LogP contribution in [0.25, 0.3) is 0 Å². The van der Waals surface area contributed by atoms with Crippen molar-refractivity contribution in [3.05, 3.63) is 48.5 Å². The first-order valence-corrected chi connectivity index (χ1v) is 8.46. The van der Waals surface area contributed by atoms with Crippen LogP contribution in [0.5, 0.6) is 17.2 Å². The van der Waals surface area contributed by atoms with Gasteiger partial charge in [0.2, 0.25) is 10.0 Å². The highest BCUT2D eigenvalue weighted by atomic mass is 32.2. The van der Waals surface area contributed by atoms with E-state index in [0.717, 1.165) is 0 Å². The van der Waals surface area contributed by atoms with Crippen LogP contribution in [-0.4, -0.2) is 27.5 Å². The van der Waals surface area contributed by atoms with E-state index in [1.54, 1.807) is 24.3 Å². The number of hydrogen-bond donors (Lipinski definition) is 1. The lowest BCUT2D eigenvalue weighted by atomic mass is 10.3. The number of rotatable bonds is 7. The molecule has 1 N–H and O–H groups in total. The molecule has 2 aromatic carbocycles. The van der Waals surface area contributed by atoms with Crippen LogP contribution in [0.1, 0.15) is 6.92 Å². The van der Waals surface area contributed by atoms with E-state index in [1.807, 2.05) is 4.72 Å². The van der Waals surface area contributed by atoms with Crippen molar-refractivity contribution < 1.29 is 27.8 Å². The molecular formula is C16H16NO6S-. The van der Waals surface area contributed by atoms with Gasteiger partial charge in [0.15, 0.2) is 11.5 Å². The van der Waals surface area contributed by atoms with Crippen molar-refractivity contribution in [1.82, 2.24) is 4.72 Å². The Bertz CT molecular complexity index is 817. The zero-order chi connectivity index (χ0) is 17.7. The number of aliphatic carboxylic acids is 1. The zero-order valence-electron chi connectivity index (χ0n) is 13.1. The lowest BCUT2D eigenvalue weighted by Gasteiger charge is -2.15. The molecule has 0 radical (unpaired) electrons. The normalized spacial score (nSPS) is 12.4. The highest BCUT2D eigenvalue weighted by molar-refractivity contribution is 7.89. The number of carboxylic acid groups (broad SMARTS) is 1. The van der Waals surface area contributed by atoms with Crippen molar-refractivity contribution in [3.8, 4) is 17.2 Å². The molecule has 0 spiro atoms. The standard InChI is InChI=1S/C16H17NO6S/c1-11(16(18)19)17-24(20,21)13-9-7-12(8-10-13)23-15-6-4-3-5-14(15)22-2/h3-11,17H,1-2H3,(H,18,19)/p-1/t11-/m0/s1. The molecule has 0 aromatic heterocycles. The lowest BCUT2D eigenvalue weighted by molar-refractivity contribution is -0.307. The highest BCUT2D eigenvalue weighted by Crippen LogP contribution is 2.31. The number of sulfonamides is 1. The van der Waals surface area contributed by atoms with Crippen LogP contribution < -0.4 is 19.3 Å². The molecule has 0 aliphatic rings. The Kier molecular flexibility index (Phi) is 5.42. The maximum Gasteiger partial charge on any atom is 0.241 e. The minimum Gasteiger partial charge on any atom is -0.548 e. The number of hydrogen-bond acceptors (Lipinski definition) is 6. The molecule has 0 saturated heterocycles. The van der Waals surface area contributed by atoms with E-state index < -0.39 is 22.0 Å². The molecule has 2 rings (SSSR count). The summed E-state index contributed by atoms with van der Waals surface area (Å²) in [7, 11) is -2.44. The van der Waals surface area contributed by atoms with E-state index in [4.69, 9.17) is 9.47 Å². The average Bonchev–Trinajstić information content (AvgIpc) is 2.55. The minimum absolute atomic E-state index is 0.0806. The summed E-state index contributed by atoms with van der Waals surface area (Å²) >= 11 is 0. The molecule has 0 bridgehead atoms. The van der Waals surface area contributed by atoms with E-state index in [9.17, 15) is 18.3 Å². The van der Waals surface area contributed by atoms with Crippen molar-refractivity contribution in [2.24, 2.45) is 0 Å². The van der Waals surface area contributed by atoms with Gasteiger partial charge >= 0.3 is 0 Å². The summed E-state index contributed by atoms with van der Waals surface area (Å²) < 4.78 is 36.9. The third-order valence-corrected chi connectivity index (χ3v) is 4.67. The molecule has 24 heavy (non-hydrogen) atoms. The average molecular weight is 350 g/mol. The number of nitrogens with one attached hydrogen (secondary N) is 1. The summed E-state index contributed by atoms with van der Waals surface area (Å²) in [6, 6.07) is 11.2. The topological polar surface area (TPSA) is 105 Å². The second-order valence-corrected chi connectivity index (χ2v) is 6.60. The van der Waals surface area contributed by atoms with Gasteiger partial charge in [-0.05, 0) is 43.3 Å². The Morgan fingerprint density at radius 3 is 2.21 bits per heavy atom. The fourth-order valence-corrected chi connectivity index (χ4v) is 3.06. The number of benzene rings is 2. The molecule has 0 fully saturated rings. The number of carboxylic acids is 1. The number of ether oxygens (including phenoxy) is 2. The van der Waals surface area contributed by atoms with Gasteiger partial charge in [0.1, 0.15) is 5.75 Å². The number of carbonyl (C=O) groups excluding carboxylic acids is 1. The van der Waals surface area contributed by atoms with Gasteiger partial charge in [-0.1, -0.05) is 12.1 Å². The molecule has 0 aliphatic heterocycles. The largest absolute Gasteiger partial charge is 0.548 e. The van der Waals surface area contributed by atoms with Gasteiger partial charge in [-0.25, -0.2) is 13.1 Å². The summed E-state index contributed by atoms with van der Waals surface area (Å²) in [5, 5.41) is 10.7. The second kappa shape index (κ2) is 7.33. The Labute approximate surface area is 139 Å². The molecule has 0 heterocycles. The summed E-state index contributed by atoms with van der Waals surface area (Å²) in [6.07, 6.45) is 0. The van der Waals surface area contributed by atoms with Gasteiger partial charge in [-0.15, -0.1) is 0 Å². The number of carbonyl (C=O) groups is 1. The molecule has 2 aromatic rings. The van der Waals surface area contributed by atoms with Gasteiger partial charge in [0.05, 0.1) is 24.0 Å². The maximum atomic E-state index is 12.1. The van der Waals surface area contributed by atoms with Crippen molar-refractivity contribution in [1.29, 1.82) is 0 Å². The van der Waals surface area contributed by atoms with Crippen LogP contribution in [-0.2, 0) is 14.8 Å². The fraction of sp³-hybridized carbons (Fsp3) is 0.188. The third kappa shape index (κ3) is 4.24.